The first-order valence-electron chi connectivity index (χ1n) is 11.1. The molecular formula is C27H20N4O4S. The van der Waals surface area contributed by atoms with Crippen LogP contribution in [-0.2, 0) is 4.79 Å². The average molecular weight is 497 g/mol. The number of rotatable bonds is 6. The Hall–Kier alpha value is -4.50. The van der Waals surface area contributed by atoms with Gasteiger partial charge in [-0.1, -0.05) is 78.0 Å². The van der Waals surface area contributed by atoms with Crippen molar-refractivity contribution in [2.75, 3.05) is 10.7 Å². The number of amidine groups is 1. The molecule has 0 saturated carbocycles. The third-order valence-electron chi connectivity index (χ3n) is 5.40. The van der Waals surface area contributed by atoms with Gasteiger partial charge in [0.05, 0.1) is 16.7 Å². The molecule has 3 aromatic carbocycles. The summed E-state index contributed by atoms with van der Waals surface area (Å²) in [5.74, 6) is -1.76. The molecule has 1 aromatic heterocycles. The lowest BCUT2D eigenvalue weighted by Crippen LogP contribution is -2.39. The fraction of sp³-hybridized carbons (Fsp3) is 0.0741. The van der Waals surface area contributed by atoms with Crippen LogP contribution in [0.5, 0.6) is 5.95 Å². The highest BCUT2D eigenvalue weighted by molar-refractivity contribution is 8.14. The summed E-state index contributed by atoms with van der Waals surface area (Å²) in [6.45, 7) is 1.97. The van der Waals surface area contributed by atoms with Crippen LogP contribution in [-0.4, -0.2) is 27.9 Å². The molecule has 9 heteroatoms. The number of hydrogen-bond acceptors (Lipinski definition) is 7. The minimum absolute atomic E-state index is 0.142. The monoisotopic (exact) mass is 496 g/mol. The van der Waals surface area contributed by atoms with E-state index in [1.807, 2.05) is 55.5 Å². The molecule has 1 amide bonds. The lowest BCUT2D eigenvalue weighted by Gasteiger charge is -2.17. The van der Waals surface area contributed by atoms with Crippen molar-refractivity contribution < 1.29 is 23.9 Å². The van der Waals surface area contributed by atoms with E-state index in [1.165, 1.54) is 9.58 Å². The Bertz CT molecular complexity index is 1500. The Balaban J connectivity index is 1.44. The van der Waals surface area contributed by atoms with E-state index in [0.717, 1.165) is 22.9 Å². The highest BCUT2D eigenvalue weighted by Crippen LogP contribution is 2.30. The van der Waals surface area contributed by atoms with Gasteiger partial charge in [-0.2, -0.15) is 0 Å². The molecule has 4 aromatic rings. The molecule has 0 spiro atoms. The van der Waals surface area contributed by atoms with Gasteiger partial charge in [0.15, 0.2) is 11.1 Å². The first kappa shape index (κ1) is 23.3. The van der Waals surface area contributed by atoms with E-state index < -0.39 is 11.7 Å². The van der Waals surface area contributed by atoms with Gasteiger partial charge in [0.25, 0.3) is 5.91 Å². The summed E-state index contributed by atoms with van der Waals surface area (Å²) in [4.78, 5) is 32.5. The van der Waals surface area contributed by atoms with Crippen LogP contribution in [0.2, 0.25) is 0 Å². The number of hydrogen-bond donors (Lipinski definition) is 0. The predicted octanol–water partition coefficient (Wildman–Crippen LogP) is 3.69. The van der Waals surface area contributed by atoms with E-state index >= 15 is 0 Å². The van der Waals surface area contributed by atoms with Crippen LogP contribution in [0.3, 0.4) is 0 Å². The maximum Gasteiger partial charge on any atom is 0.307 e. The second-order valence-corrected chi connectivity index (χ2v) is 8.92. The molecule has 8 nitrogen and oxygen atoms in total. The number of ketones is 1. The van der Waals surface area contributed by atoms with Crippen LogP contribution in [0.25, 0.3) is 11.8 Å². The molecule has 1 aliphatic rings. The molecule has 178 valence electrons. The number of thioether (sulfide) groups is 1. The van der Waals surface area contributed by atoms with Crippen LogP contribution in [0.4, 0.5) is 5.69 Å². The number of Topliss-reactive ketones (excluding diaryl/α,β-unsaturated/α-hetero) is 1. The second-order valence-electron chi connectivity index (χ2n) is 7.98. The fourth-order valence-electron chi connectivity index (χ4n) is 3.74. The molecule has 2 heterocycles. The Morgan fingerprint density at radius 3 is 2.50 bits per heavy atom. The highest BCUT2D eigenvalue weighted by Gasteiger charge is 2.34. The standard InChI is InChI=1S/C27H20N4O4S/c1-18-9-8-10-19(15-18)16-22-25(33)30(20-11-4-2-5-12-20)27(28-22)36-17-23(32)24-26(34)35-29-31(24)21-13-6-3-7-14-21/h2-16H,17H2,1H3/b22-16+. The van der Waals surface area contributed by atoms with E-state index in [9.17, 15) is 14.7 Å². The Morgan fingerprint density at radius 2 is 1.78 bits per heavy atom. The Morgan fingerprint density at radius 1 is 1.06 bits per heavy atom. The van der Waals surface area contributed by atoms with E-state index in [-0.39, 0.29) is 23.1 Å². The third-order valence-corrected chi connectivity index (χ3v) is 6.34. The number of para-hydroxylation sites is 2. The summed E-state index contributed by atoms with van der Waals surface area (Å²) in [5, 5.41) is 16.4. The smallest absolute Gasteiger partial charge is 0.307 e. The van der Waals surface area contributed by atoms with Crippen molar-refractivity contribution in [2.45, 2.75) is 6.92 Å². The van der Waals surface area contributed by atoms with Crippen LogP contribution in [0.1, 0.15) is 21.6 Å². The number of aromatic nitrogens is 2. The number of carbonyl (C=O) groups excluding carboxylic acids is 2. The molecule has 0 N–H and O–H groups in total. The zero-order valence-electron chi connectivity index (χ0n) is 19.2. The summed E-state index contributed by atoms with van der Waals surface area (Å²) in [6.07, 6.45) is 1.72. The van der Waals surface area contributed by atoms with Gasteiger partial charge in [-0.25, -0.2) is 4.99 Å². The van der Waals surface area contributed by atoms with Crippen molar-refractivity contribution in [1.82, 2.24) is 5.27 Å². The van der Waals surface area contributed by atoms with E-state index in [2.05, 4.69) is 10.3 Å². The van der Waals surface area contributed by atoms with Crippen molar-refractivity contribution in [3.8, 4) is 11.6 Å². The van der Waals surface area contributed by atoms with Crippen molar-refractivity contribution in [2.24, 2.45) is 4.99 Å². The summed E-state index contributed by atoms with van der Waals surface area (Å²) < 4.78 is 5.95. The van der Waals surface area contributed by atoms with Crippen molar-refractivity contribution in [3.63, 3.8) is 0 Å². The molecule has 0 unspecified atom stereocenters. The molecule has 0 fully saturated rings. The number of aryl methyl sites for hydroxylation is 1. The normalized spacial score (nSPS) is 14.4. The summed E-state index contributed by atoms with van der Waals surface area (Å²) in [7, 11) is 0. The first-order chi connectivity index (χ1) is 17.5. The third kappa shape index (κ3) is 4.69. The number of anilines is 1. The Labute approximate surface area is 211 Å². The van der Waals surface area contributed by atoms with Gasteiger partial charge < -0.3 is 9.63 Å². The van der Waals surface area contributed by atoms with E-state index in [4.69, 9.17) is 4.52 Å². The number of nitrogens with zero attached hydrogens (tertiary/aromatic N) is 4. The lowest BCUT2D eigenvalue weighted by molar-refractivity contribution is -0.672. The molecule has 36 heavy (non-hydrogen) atoms. The number of carbonyl (C=O) groups is 2. The maximum atomic E-state index is 13.3. The molecule has 0 radical (unpaired) electrons. The van der Waals surface area contributed by atoms with Crippen molar-refractivity contribution in [3.05, 3.63) is 107 Å². The minimum Gasteiger partial charge on any atom is -0.539 e. The fourth-order valence-corrected chi connectivity index (χ4v) is 4.62. The summed E-state index contributed by atoms with van der Waals surface area (Å²) in [6, 6.07) is 25.6. The van der Waals surface area contributed by atoms with Gasteiger partial charge in [0.2, 0.25) is 11.5 Å². The lowest BCUT2D eigenvalue weighted by atomic mass is 10.1. The van der Waals surface area contributed by atoms with Crippen molar-refractivity contribution in [1.29, 1.82) is 0 Å². The van der Waals surface area contributed by atoms with Gasteiger partial charge in [-0.15, -0.1) is 0 Å². The first-order valence-corrected chi connectivity index (χ1v) is 12.1. The molecule has 0 aliphatic carbocycles. The quantitative estimate of drug-likeness (QED) is 0.229. The number of benzene rings is 3. The zero-order valence-corrected chi connectivity index (χ0v) is 20.0. The van der Waals surface area contributed by atoms with Gasteiger partial charge in [-0.05, 0) is 35.4 Å². The van der Waals surface area contributed by atoms with Gasteiger partial charge in [0, 0.05) is 12.1 Å². The number of amides is 1. The van der Waals surface area contributed by atoms with E-state index in [0.29, 0.717) is 16.5 Å². The van der Waals surface area contributed by atoms with Crippen molar-refractivity contribution >= 4 is 40.4 Å². The van der Waals surface area contributed by atoms with Crippen LogP contribution >= 0.6 is 11.8 Å². The largest absolute Gasteiger partial charge is 0.539 e. The minimum atomic E-state index is -0.825. The molecular weight excluding hydrogens is 476 g/mol. The molecule has 1 aliphatic heterocycles. The maximum absolute atomic E-state index is 13.3. The SMILES string of the molecule is Cc1cccc(/C=C2/N=C(SCC(=O)c3c([O-])on[n+]3-c3ccccc3)N(c3ccccc3)C2=O)c1. The molecule has 0 atom stereocenters. The average Bonchev–Trinajstić information content (AvgIpc) is 3.43. The van der Waals surface area contributed by atoms with Gasteiger partial charge in [-0.3, -0.25) is 14.5 Å². The van der Waals surface area contributed by atoms with Crippen LogP contribution in [0, 0.1) is 6.92 Å². The highest BCUT2D eigenvalue weighted by atomic mass is 32.2. The number of aliphatic imine (C=N–C) groups is 1. The second kappa shape index (κ2) is 10.0. The van der Waals surface area contributed by atoms with Crippen LogP contribution < -0.4 is 14.7 Å². The zero-order chi connectivity index (χ0) is 25.1. The van der Waals surface area contributed by atoms with E-state index in [1.54, 1.807) is 42.5 Å². The summed E-state index contributed by atoms with van der Waals surface area (Å²) >= 11 is 1.07. The topological polar surface area (TPSA) is 103 Å². The molecule has 0 bridgehead atoms. The van der Waals surface area contributed by atoms with Gasteiger partial charge >= 0.3 is 5.69 Å². The summed E-state index contributed by atoms with van der Waals surface area (Å²) in [5.41, 5.74) is 3.13. The molecule has 5 rings (SSSR count). The Kier molecular flexibility index (Phi) is 6.46. The van der Waals surface area contributed by atoms with Crippen LogP contribution in [0.15, 0.2) is 100 Å². The van der Waals surface area contributed by atoms with Gasteiger partial charge in [0.1, 0.15) is 5.70 Å². The molecule has 0 saturated heterocycles. The predicted molar refractivity (Wildman–Crippen MR) is 135 cm³/mol.